The molecular formula is C15H18Cl2N2O2. The molecular weight excluding hydrogens is 311 g/mol. The molecule has 1 unspecified atom stereocenters. The van der Waals surface area contributed by atoms with Crippen LogP contribution in [0.5, 0.6) is 0 Å². The normalized spacial score (nSPS) is 19.1. The Kier molecular flexibility index (Phi) is 5.12. The summed E-state index contributed by atoms with van der Waals surface area (Å²) in [5.41, 5.74) is 0.751. The van der Waals surface area contributed by atoms with Crippen LogP contribution in [0.15, 0.2) is 18.2 Å². The van der Waals surface area contributed by atoms with E-state index in [1.807, 2.05) is 19.9 Å². The van der Waals surface area contributed by atoms with Crippen LogP contribution in [0, 0.1) is 5.92 Å². The number of amides is 2. The predicted molar refractivity (Wildman–Crippen MR) is 83.3 cm³/mol. The van der Waals surface area contributed by atoms with Crippen LogP contribution in [0.1, 0.15) is 25.8 Å². The Labute approximate surface area is 134 Å². The molecule has 114 valence electrons. The summed E-state index contributed by atoms with van der Waals surface area (Å²) < 4.78 is 0. The van der Waals surface area contributed by atoms with Gasteiger partial charge in [0.2, 0.25) is 11.8 Å². The van der Waals surface area contributed by atoms with E-state index in [1.165, 1.54) is 0 Å². The highest BCUT2D eigenvalue weighted by Gasteiger charge is 2.34. The average molecular weight is 329 g/mol. The fraction of sp³-hybridized carbons (Fsp3) is 0.467. The van der Waals surface area contributed by atoms with Gasteiger partial charge in [0, 0.05) is 6.54 Å². The minimum Gasteiger partial charge on any atom is -0.345 e. The molecule has 0 spiro atoms. The molecule has 0 saturated carbocycles. The van der Waals surface area contributed by atoms with Gasteiger partial charge in [-0.05, 0) is 24.0 Å². The molecule has 1 aromatic rings. The second-order valence-electron chi connectivity index (χ2n) is 5.60. The zero-order valence-electron chi connectivity index (χ0n) is 12.0. The molecule has 1 fully saturated rings. The Morgan fingerprint density at radius 1 is 1.33 bits per heavy atom. The summed E-state index contributed by atoms with van der Waals surface area (Å²) in [4.78, 5) is 25.8. The third-order valence-corrected chi connectivity index (χ3v) is 4.34. The second-order valence-corrected chi connectivity index (χ2v) is 6.38. The maximum Gasteiger partial charge on any atom is 0.243 e. The van der Waals surface area contributed by atoms with Crippen molar-refractivity contribution in [3.63, 3.8) is 0 Å². The molecule has 1 aromatic carbocycles. The van der Waals surface area contributed by atoms with Crippen LogP contribution in [-0.2, 0) is 16.1 Å². The van der Waals surface area contributed by atoms with E-state index in [1.54, 1.807) is 17.0 Å². The van der Waals surface area contributed by atoms with E-state index in [9.17, 15) is 9.59 Å². The lowest BCUT2D eigenvalue weighted by atomic mass is 9.99. The van der Waals surface area contributed by atoms with Crippen molar-refractivity contribution in [3.8, 4) is 0 Å². The van der Waals surface area contributed by atoms with Crippen LogP contribution in [0.4, 0.5) is 0 Å². The zero-order chi connectivity index (χ0) is 15.6. The summed E-state index contributed by atoms with van der Waals surface area (Å²) in [5, 5.41) is 3.52. The average Bonchev–Trinajstić information content (AvgIpc) is 2.42. The van der Waals surface area contributed by atoms with Crippen molar-refractivity contribution in [2.75, 3.05) is 6.54 Å². The standard InChI is InChI=1S/C15H18Cl2N2O2/c1-9(2)6-12-15(21)18-7-13(20)19(12)8-10-4-3-5-11(16)14(10)17/h3-5,9,12H,6-8H2,1-2H3,(H,18,21). The summed E-state index contributed by atoms with van der Waals surface area (Å²) in [6.07, 6.45) is 0.621. The maximum absolute atomic E-state index is 12.2. The Balaban J connectivity index is 2.26. The Morgan fingerprint density at radius 2 is 2.05 bits per heavy atom. The molecule has 1 saturated heterocycles. The number of benzene rings is 1. The molecule has 4 nitrogen and oxygen atoms in total. The van der Waals surface area contributed by atoms with Crippen LogP contribution < -0.4 is 5.32 Å². The molecule has 0 aliphatic carbocycles. The number of nitrogens with zero attached hydrogens (tertiary/aromatic N) is 1. The van der Waals surface area contributed by atoms with Crippen LogP contribution in [0.25, 0.3) is 0 Å². The lowest BCUT2D eigenvalue weighted by molar-refractivity contribution is -0.146. The van der Waals surface area contributed by atoms with Crippen molar-refractivity contribution in [2.24, 2.45) is 5.92 Å². The summed E-state index contributed by atoms with van der Waals surface area (Å²) >= 11 is 12.2. The molecule has 1 aliphatic heterocycles. The Hall–Kier alpha value is -1.26. The van der Waals surface area contributed by atoms with Crippen molar-refractivity contribution in [3.05, 3.63) is 33.8 Å². The Bertz CT molecular complexity index is 561. The van der Waals surface area contributed by atoms with Gasteiger partial charge in [-0.2, -0.15) is 0 Å². The highest BCUT2D eigenvalue weighted by molar-refractivity contribution is 6.42. The van der Waals surface area contributed by atoms with Crippen LogP contribution in [0.3, 0.4) is 0 Å². The molecule has 0 aromatic heterocycles. The summed E-state index contributed by atoms with van der Waals surface area (Å²) in [5.74, 6) is 0.0988. The minimum absolute atomic E-state index is 0.0333. The quantitative estimate of drug-likeness (QED) is 0.923. The lowest BCUT2D eigenvalue weighted by Crippen LogP contribution is -2.58. The molecule has 1 atom stereocenters. The topological polar surface area (TPSA) is 49.4 Å². The minimum atomic E-state index is -0.457. The van der Waals surface area contributed by atoms with Gasteiger partial charge in [-0.3, -0.25) is 9.59 Å². The molecule has 1 N–H and O–H groups in total. The number of piperazine rings is 1. The van der Waals surface area contributed by atoms with Crippen molar-refractivity contribution < 1.29 is 9.59 Å². The third kappa shape index (κ3) is 3.69. The molecule has 2 amide bonds. The van der Waals surface area contributed by atoms with Gasteiger partial charge in [-0.15, -0.1) is 0 Å². The van der Waals surface area contributed by atoms with E-state index < -0.39 is 6.04 Å². The van der Waals surface area contributed by atoms with Crippen LogP contribution in [0.2, 0.25) is 10.0 Å². The first-order valence-electron chi connectivity index (χ1n) is 6.90. The Morgan fingerprint density at radius 3 is 2.71 bits per heavy atom. The van der Waals surface area contributed by atoms with E-state index in [4.69, 9.17) is 23.2 Å². The molecule has 21 heavy (non-hydrogen) atoms. The van der Waals surface area contributed by atoms with Gasteiger partial charge in [0.1, 0.15) is 6.04 Å². The van der Waals surface area contributed by atoms with Gasteiger partial charge in [0.15, 0.2) is 0 Å². The highest BCUT2D eigenvalue weighted by atomic mass is 35.5. The van der Waals surface area contributed by atoms with Gasteiger partial charge in [0.05, 0.1) is 16.6 Å². The van der Waals surface area contributed by atoms with E-state index in [0.717, 1.165) is 5.56 Å². The number of carbonyl (C=O) groups is 2. The fourth-order valence-electron chi connectivity index (χ4n) is 2.43. The molecule has 2 rings (SSSR count). The largest absolute Gasteiger partial charge is 0.345 e. The molecule has 1 aliphatic rings. The summed E-state index contributed by atoms with van der Waals surface area (Å²) in [6.45, 7) is 4.38. The van der Waals surface area contributed by atoms with Crippen molar-refractivity contribution in [1.82, 2.24) is 10.2 Å². The first-order chi connectivity index (χ1) is 9.90. The predicted octanol–water partition coefficient (Wildman–Crippen LogP) is 2.87. The van der Waals surface area contributed by atoms with Crippen LogP contribution in [-0.4, -0.2) is 29.3 Å². The monoisotopic (exact) mass is 328 g/mol. The van der Waals surface area contributed by atoms with Gasteiger partial charge in [-0.1, -0.05) is 49.2 Å². The first-order valence-corrected chi connectivity index (χ1v) is 7.65. The number of rotatable bonds is 4. The van der Waals surface area contributed by atoms with E-state index >= 15 is 0 Å². The SMILES string of the molecule is CC(C)CC1C(=O)NCC(=O)N1Cc1cccc(Cl)c1Cl. The molecule has 6 heteroatoms. The molecule has 1 heterocycles. The zero-order valence-corrected chi connectivity index (χ0v) is 13.5. The lowest BCUT2D eigenvalue weighted by Gasteiger charge is -2.36. The van der Waals surface area contributed by atoms with Crippen molar-refractivity contribution in [2.45, 2.75) is 32.9 Å². The van der Waals surface area contributed by atoms with Gasteiger partial charge in [-0.25, -0.2) is 0 Å². The smallest absolute Gasteiger partial charge is 0.243 e. The summed E-state index contributed by atoms with van der Waals surface area (Å²) in [7, 11) is 0. The second kappa shape index (κ2) is 6.67. The maximum atomic E-state index is 12.2. The number of hydrogen-bond acceptors (Lipinski definition) is 2. The number of halogens is 2. The fourth-order valence-corrected chi connectivity index (χ4v) is 2.81. The summed E-state index contributed by atoms with van der Waals surface area (Å²) in [6, 6.07) is 4.85. The number of nitrogens with one attached hydrogen (secondary N) is 1. The van der Waals surface area contributed by atoms with Gasteiger partial charge in [0.25, 0.3) is 0 Å². The van der Waals surface area contributed by atoms with E-state index in [-0.39, 0.29) is 18.4 Å². The first kappa shape index (κ1) is 16.1. The number of hydrogen-bond donors (Lipinski definition) is 1. The third-order valence-electron chi connectivity index (χ3n) is 3.48. The van der Waals surface area contributed by atoms with E-state index in [2.05, 4.69) is 5.32 Å². The van der Waals surface area contributed by atoms with E-state index in [0.29, 0.717) is 28.9 Å². The molecule has 0 radical (unpaired) electrons. The van der Waals surface area contributed by atoms with Crippen molar-refractivity contribution >= 4 is 35.0 Å². The van der Waals surface area contributed by atoms with Gasteiger partial charge >= 0.3 is 0 Å². The molecule has 0 bridgehead atoms. The van der Waals surface area contributed by atoms with Crippen molar-refractivity contribution in [1.29, 1.82) is 0 Å². The number of carbonyl (C=O) groups excluding carboxylic acids is 2. The van der Waals surface area contributed by atoms with Crippen LogP contribution >= 0.6 is 23.2 Å². The van der Waals surface area contributed by atoms with Gasteiger partial charge < -0.3 is 10.2 Å². The highest BCUT2D eigenvalue weighted by Crippen LogP contribution is 2.28.